The average Bonchev–Trinajstić information content (AvgIpc) is 2.04. The van der Waals surface area contributed by atoms with E-state index in [1.807, 2.05) is 12.1 Å². The van der Waals surface area contributed by atoms with E-state index in [0.29, 0.717) is 5.56 Å². The Labute approximate surface area is 74.0 Å². The first-order chi connectivity index (χ1) is 5.61. The lowest BCUT2D eigenvalue weighted by molar-refractivity contribution is 0.100. The van der Waals surface area contributed by atoms with Gasteiger partial charge in [0.05, 0.1) is 8.80 Å². The van der Waals surface area contributed by atoms with Crippen molar-refractivity contribution < 1.29 is 4.79 Å². The van der Waals surface area contributed by atoms with Gasteiger partial charge >= 0.3 is 0 Å². The van der Waals surface area contributed by atoms with Gasteiger partial charge in [0.1, 0.15) is 0 Å². The second kappa shape index (κ2) is 3.54. The Bertz CT molecular complexity index is 279. The molecule has 0 aliphatic heterocycles. The highest BCUT2D eigenvalue weighted by Gasteiger charge is 2.02. The fourth-order valence-electron chi connectivity index (χ4n) is 1.03. The van der Waals surface area contributed by atoms with Crippen molar-refractivity contribution >= 4 is 19.9 Å². The van der Waals surface area contributed by atoms with Crippen molar-refractivity contribution in [2.45, 2.75) is 13.1 Å². The van der Waals surface area contributed by atoms with Gasteiger partial charge in [-0.25, -0.2) is 0 Å². The summed E-state index contributed by atoms with van der Waals surface area (Å²) in [6, 6.07) is 7.59. The lowest BCUT2D eigenvalue weighted by Gasteiger charge is -2.03. The molecule has 0 saturated heterocycles. The van der Waals surface area contributed by atoms with E-state index in [9.17, 15) is 4.79 Å². The van der Waals surface area contributed by atoms with Gasteiger partial charge in [-0.3, -0.25) is 4.79 Å². The highest BCUT2D eigenvalue weighted by atomic mass is 28.3. The molecule has 1 amide bonds. The quantitative estimate of drug-likeness (QED) is 0.659. The summed E-state index contributed by atoms with van der Waals surface area (Å²) in [5, 5.41) is 1.36. The van der Waals surface area contributed by atoms with E-state index in [4.69, 9.17) is 5.73 Å². The molecule has 3 heteroatoms. The van der Waals surface area contributed by atoms with Gasteiger partial charge in [0.25, 0.3) is 0 Å². The van der Waals surface area contributed by atoms with Gasteiger partial charge in [-0.2, -0.15) is 0 Å². The summed E-state index contributed by atoms with van der Waals surface area (Å²) in [5.74, 6) is -0.355. The smallest absolute Gasteiger partial charge is 0.248 e. The maximum absolute atomic E-state index is 10.7. The van der Waals surface area contributed by atoms with Gasteiger partial charge in [0, 0.05) is 5.56 Å². The third-order valence-electron chi connectivity index (χ3n) is 1.86. The molecule has 0 unspecified atom stereocenters. The first-order valence-electron chi connectivity index (χ1n) is 4.01. The van der Waals surface area contributed by atoms with Gasteiger partial charge in [0.15, 0.2) is 0 Å². The minimum absolute atomic E-state index is 0.355. The highest BCUT2D eigenvalue weighted by Crippen LogP contribution is 1.96. The molecular weight excluding hydrogens is 166 g/mol. The fraction of sp³-hybridized carbons (Fsp3) is 0.222. The molecule has 0 aromatic heterocycles. The molecule has 1 aromatic carbocycles. The fourth-order valence-corrected chi connectivity index (χ4v) is 1.99. The molecule has 0 heterocycles. The predicted molar refractivity (Wildman–Crippen MR) is 53.5 cm³/mol. The molecule has 12 heavy (non-hydrogen) atoms. The standard InChI is InChI=1S/C9H13NOSi/c1-12(2)8-5-3-7(4-6-8)9(10)11/h3-6,12H,1-2H3,(H2,10,11). The zero-order valence-electron chi connectivity index (χ0n) is 7.37. The SMILES string of the molecule is C[SiH](C)c1ccc(C(N)=O)cc1. The van der Waals surface area contributed by atoms with Crippen LogP contribution in [0.2, 0.25) is 13.1 Å². The normalized spacial score (nSPS) is 10.2. The van der Waals surface area contributed by atoms with Crippen molar-refractivity contribution in [1.29, 1.82) is 0 Å². The Morgan fingerprint density at radius 1 is 1.25 bits per heavy atom. The molecule has 64 valence electrons. The molecule has 0 aliphatic carbocycles. The number of carbonyl (C=O) groups excluding carboxylic acids is 1. The van der Waals surface area contributed by atoms with Crippen molar-refractivity contribution in [2.75, 3.05) is 0 Å². The van der Waals surface area contributed by atoms with Crippen LogP contribution in [-0.2, 0) is 0 Å². The molecule has 0 spiro atoms. The predicted octanol–water partition coefficient (Wildman–Crippen LogP) is 0.479. The molecule has 0 aliphatic rings. The van der Waals surface area contributed by atoms with Gasteiger partial charge in [-0.15, -0.1) is 0 Å². The zero-order valence-corrected chi connectivity index (χ0v) is 8.53. The van der Waals surface area contributed by atoms with E-state index in [0.717, 1.165) is 0 Å². The second-order valence-corrected chi connectivity index (χ2v) is 6.12. The van der Waals surface area contributed by atoms with Crippen LogP contribution in [0.5, 0.6) is 0 Å². The van der Waals surface area contributed by atoms with E-state index < -0.39 is 8.80 Å². The highest BCUT2D eigenvalue weighted by molar-refractivity contribution is 6.70. The van der Waals surface area contributed by atoms with Gasteiger partial charge in [-0.1, -0.05) is 30.4 Å². The molecule has 1 rings (SSSR count). The topological polar surface area (TPSA) is 43.1 Å². The van der Waals surface area contributed by atoms with Crippen LogP contribution < -0.4 is 10.9 Å². The Morgan fingerprint density at radius 2 is 1.75 bits per heavy atom. The summed E-state index contributed by atoms with van der Waals surface area (Å²) in [6.45, 7) is 4.50. The molecular formula is C9H13NOSi. The number of rotatable bonds is 2. The number of hydrogen-bond donors (Lipinski definition) is 1. The maximum atomic E-state index is 10.7. The first kappa shape index (κ1) is 9.00. The summed E-state index contributed by atoms with van der Waals surface area (Å²) >= 11 is 0. The van der Waals surface area contributed by atoms with E-state index in [-0.39, 0.29) is 5.91 Å². The van der Waals surface area contributed by atoms with Crippen molar-refractivity contribution in [3.63, 3.8) is 0 Å². The lowest BCUT2D eigenvalue weighted by atomic mass is 10.2. The summed E-state index contributed by atoms with van der Waals surface area (Å²) in [5.41, 5.74) is 5.70. The van der Waals surface area contributed by atoms with Crippen LogP contribution >= 0.6 is 0 Å². The Kier molecular flexibility index (Phi) is 2.65. The molecule has 0 atom stereocenters. The van der Waals surface area contributed by atoms with Crippen molar-refractivity contribution in [2.24, 2.45) is 5.73 Å². The molecule has 0 fully saturated rings. The molecule has 0 bridgehead atoms. The van der Waals surface area contributed by atoms with Crippen LogP contribution in [0.4, 0.5) is 0 Å². The van der Waals surface area contributed by atoms with Crippen LogP contribution in [0.25, 0.3) is 0 Å². The van der Waals surface area contributed by atoms with E-state index in [1.54, 1.807) is 12.1 Å². The van der Waals surface area contributed by atoms with Crippen LogP contribution in [0, 0.1) is 0 Å². The average molecular weight is 179 g/mol. The Balaban J connectivity index is 2.93. The van der Waals surface area contributed by atoms with E-state index >= 15 is 0 Å². The largest absolute Gasteiger partial charge is 0.366 e. The Morgan fingerprint density at radius 3 is 2.08 bits per heavy atom. The monoisotopic (exact) mass is 179 g/mol. The number of hydrogen-bond acceptors (Lipinski definition) is 1. The lowest BCUT2D eigenvalue weighted by Crippen LogP contribution is -2.23. The van der Waals surface area contributed by atoms with Gasteiger partial charge in [0.2, 0.25) is 5.91 Å². The molecule has 1 aromatic rings. The van der Waals surface area contributed by atoms with Crippen LogP contribution in [0.15, 0.2) is 24.3 Å². The Hall–Kier alpha value is -1.09. The minimum atomic E-state index is -0.733. The summed E-state index contributed by atoms with van der Waals surface area (Å²) in [6.07, 6.45) is 0. The summed E-state index contributed by atoms with van der Waals surface area (Å²) in [4.78, 5) is 10.7. The number of nitrogens with two attached hydrogens (primary N) is 1. The number of carbonyl (C=O) groups is 1. The number of primary amides is 1. The molecule has 0 radical (unpaired) electrons. The second-order valence-electron chi connectivity index (χ2n) is 3.14. The summed E-state index contributed by atoms with van der Waals surface area (Å²) in [7, 11) is -0.733. The first-order valence-corrected chi connectivity index (χ1v) is 6.89. The zero-order chi connectivity index (χ0) is 9.14. The molecule has 2 N–H and O–H groups in total. The van der Waals surface area contributed by atoms with Crippen molar-refractivity contribution in [3.8, 4) is 0 Å². The van der Waals surface area contributed by atoms with Crippen LogP contribution in [0.1, 0.15) is 10.4 Å². The molecule has 0 saturated carbocycles. The molecule has 2 nitrogen and oxygen atoms in total. The maximum Gasteiger partial charge on any atom is 0.248 e. The van der Waals surface area contributed by atoms with Crippen LogP contribution in [0.3, 0.4) is 0 Å². The summed E-state index contributed by atoms with van der Waals surface area (Å²) < 4.78 is 0. The number of amides is 1. The van der Waals surface area contributed by atoms with Crippen LogP contribution in [-0.4, -0.2) is 14.7 Å². The minimum Gasteiger partial charge on any atom is -0.366 e. The van der Waals surface area contributed by atoms with Gasteiger partial charge < -0.3 is 5.73 Å². The van der Waals surface area contributed by atoms with Crippen molar-refractivity contribution in [3.05, 3.63) is 29.8 Å². The van der Waals surface area contributed by atoms with Gasteiger partial charge in [-0.05, 0) is 12.1 Å². The third-order valence-corrected chi connectivity index (χ3v) is 3.58. The van der Waals surface area contributed by atoms with Crippen molar-refractivity contribution in [1.82, 2.24) is 0 Å². The third kappa shape index (κ3) is 1.95. The van der Waals surface area contributed by atoms with E-state index in [2.05, 4.69) is 13.1 Å². The number of benzene rings is 1. The van der Waals surface area contributed by atoms with E-state index in [1.165, 1.54) is 5.19 Å².